The molecule has 0 aliphatic carbocycles. The minimum atomic E-state index is -0.405. The second-order valence-electron chi connectivity index (χ2n) is 5.91. The van der Waals surface area contributed by atoms with E-state index in [9.17, 15) is 5.26 Å². The number of likely N-dealkylation sites (N-methyl/N-ethyl adjacent to an activating group) is 1. The molecule has 0 saturated carbocycles. The van der Waals surface area contributed by atoms with Gasteiger partial charge in [0.15, 0.2) is 0 Å². The summed E-state index contributed by atoms with van der Waals surface area (Å²) in [7, 11) is 1.87. The average molecular weight is 237 g/mol. The van der Waals surface area contributed by atoms with Crippen molar-refractivity contribution in [3.63, 3.8) is 0 Å². The zero-order valence-electron chi connectivity index (χ0n) is 11.8. The Hall–Kier alpha value is -0.590. The quantitative estimate of drug-likeness (QED) is 0.815. The number of hydrogen-bond acceptors (Lipinski definition) is 3. The molecule has 0 amide bonds. The second kappa shape index (κ2) is 6.37. The molecular formula is C14H27N3. The molecule has 3 nitrogen and oxygen atoms in total. The SMILES string of the molecule is CNC(C)(C#N)CN1CCCC(C(C)C)CC1. The van der Waals surface area contributed by atoms with E-state index in [0.29, 0.717) is 0 Å². The summed E-state index contributed by atoms with van der Waals surface area (Å²) in [5.74, 6) is 1.66. The second-order valence-corrected chi connectivity index (χ2v) is 5.91. The molecule has 0 radical (unpaired) electrons. The third kappa shape index (κ3) is 4.29. The van der Waals surface area contributed by atoms with Gasteiger partial charge in [-0.05, 0) is 58.2 Å². The van der Waals surface area contributed by atoms with Gasteiger partial charge in [-0.15, -0.1) is 0 Å². The highest BCUT2D eigenvalue weighted by Crippen LogP contribution is 2.25. The lowest BCUT2D eigenvalue weighted by Crippen LogP contribution is -2.49. The van der Waals surface area contributed by atoms with E-state index in [-0.39, 0.29) is 0 Å². The lowest BCUT2D eigenvalue weighted by molar-refractivity contribution is 0.226. The number of nitrogens with one attached hydrogen (secondary N) is 1. The number of rotatable bonds is 4. The smallest absolute Gasteiger partial charge is 0.116 e. The van der Waals surface area contributed by atoms with Crippen LogP contribution < -0.4 is 5.32 Å². The molecule has 2 atom stereocenters. The molecule has 1 fully saturated rings. The van der Waals surface area contributed by atoms with Crippen molar-refractivity contribution in [3.8, 4) is 6.07 Å². The molecule has 17 heavy (non-hydrogen) atoms. The molecule has 2 unspecified atom stereocenters. The molecule has 1 saturated heterocycles. The van der Waals surface area contributed by atoms with Gasteiger partial charge in [-0.2, -0.15) is 5.26 Å². The lowest BCUT2D eigenvalue weighted by atomic mass is 9.89. The van der Waals surface area contributed by atoms with E-state index in [1.807, 2.05) is 14.0 Å². The number of hydrogen-bond donors (Lipinski definition) is 1. The Labute approximate surface area is 106 Å². The molecule has 0 bridgehead atoms. The Balaban J connectivity index is 2.50. The van der Waals surface area contributed by atoms with E-state index in [1.54, 1.807) is 0 Å². The van der Waals surface area contributed by atoms with Crippen molar-refractivity contribution >= 4 is 0 Å². The van der Waals surface area contributed by atoms with Crippen molar-refractivity contribution in [1.82, 2.24) is 10.2 Å². The van der Waals surface area contributed by atoms with Crippen LogP contribution in [0.3, 0.4) is 0 Å². The minimum absolute atomic E-state index is 0.405. The van der Waals surface area contributed by atoms with E-state index >= 15 is 0 Å². The molecule has 1 N–H and O–H groups in total. The first-order chi connectivity index (χ1) is 8.00. The molecule has 0 aromatic heterocycles. The molecule has 1 rings (SSSR count). The third-order valence-electron chi connectivity index (χ3n) is 4.15. The van der Waals surface area contributed by atoms with Gasteiger partial charge < -0.3 is 10.2 Å². The summed E-state index contributed by atoms with van der Waals surface area (Å²) in [6, 6.07) is 2.38. The van der Waals surface area contributed by atoms with Crippen LogP contribution in [0.2, 0.25) is 0 Å². The third-order valence-corrected chi connectivity index (χ3v) is 4.15. The largest absolute Gasteiger partial charge is 0.302 e. The summed E-state index contributed by atoms with van der Waals surface area (Å²) in [6.45, 7) is 9.76. The summed E-state index contributed by atoms with van der Waals surface area (Å²) in [5.41, 5.74) is -0.405. The molecule has 1 heterocycles. The molecular weight excluding hydrogens is 210 g/mol. The van der Waals surface area contributed by atoms with Crippen molar-refractivity contribution in [3.05, 3.63) is 0 Å². The van der Waals surface area contributed by atoms with Gasteiger partial charge in [0.2, 0.25) is 0 Å². The van der Waals surface area contributed by atoms with Gasteiger partial charge >= 0.3 is 0 Å². The summed E-state index contributed by atoms with van der Waals surface area (Å²) in [5, 5.41) is 12.3. The first-order valence-corrected chi connectivity index (χ1v) is 6.83. The molecule has 3 heteroatoms. The van der Waals surface area contributed by atoms with E-state index in [0.717, 1.165) is 31.5 Å². The standard InChI is InChI=1S/C14H27N3/c1-12(2)13-6-5-8-17(9-7-13)11-14(3,10-15)16-4/h12-13,16H,5-9,11H2,1-4H3. The summed E-state index contributed by atoms with van der Waals surface area (Å²) in [6.07, 6.45) is 3.90. The van der Waals surface area contributed by atoms with Gasteiger partial charge in [-0.25, -0.2) is 0 Å². The molecule has 0 spiro atoms. The predicted octanol–water partition coefficient (Wildman–Crippen LogP) is 2.25. The normalized spacial score (nSPS) is 26.2. The fraction of sp³-hybridized carbons (Fsp3) is 0.929. The van der Waals surface area contributed by atoms with E-state index in [2.05, 4.69) is 30.1 Å². The van der Waals surface area contributed by atoms with E-state index < -0.39 is 5.54 Å². The maximum absolute atomic E-state index is 9.19. The number of likely N-dealkylation sites (tertiary alicyclic amines) is 1. The van der Waals surface area contributed by atoms with E-state index in [4.69, 9.17) is 0 Å². The fourth-order valence-electron chi connectivity index (χ4n) is 2.62. The zero-order valence-corrected chi connectivity index (χ0v) is 11.8. The first-order valence-electron chi connectivity index (χ1n) is 6.83. The van der Waals surface area contributed by atoms with Crippen LogP contribution in [0.15, 0.2) is 0 Å². The Morgan fingerprint density at radius 1 is 1.41 bits per heavy atom. The van der Waals surface area contributed by atoms with Crippen molar-refractivity contribution < 1.29 is 0 Å². The van der Waals surface area contributed by atoms with Crippen molar-refractivity contribution in [2.24, 2.45) is 11.8 Å². The molecule has 98 valence electrons. The van der Waals surface area contributed by atoms with Crippen LogP contribution in [-0.4, -0.2) is 37.1 Å². The van der Waals surface area contributed by atoms with Crippen LogP contribution in [0.5, 0.6) is 0 Å². The van der Waals surface area contributed by atoms with Gasteiger partial charge in [0, 0.05) is 6.54 Å². The van der Waals surface area contributed by atoms with Crippen LogP contribution in [0.25, 0.3) is 0 Å². The summed E-state index contributed by atoms with van der Waals surface area (Å²) >= 11 is 0. The Kier molecular flexibility index (Phi) is 5.42. The summed E-state index contributed by atoms with van der Waals surface area (Å²) in [4.78, 5) is 2.45. The van der Waals surface area contributed by atoms with Crippen LogP contribution >= 0.6 is 0 Å². The predicted molar refractivity (Wildman–Crippen MR) is 71.7 cm³/mol. The maximum Gasteiger partial charge on any atom is 0.116 e. The maximum atomic E-state index is 9.19. The Morgan fingerprint density at radius 2 is 2.12 bits per heavy atom. The average Bonchev–Trinajstić information content (AvgIpc) is 2.54. The van der Waals surface area contributed by atoms with Gasteiger partial charge in [-0.3, -0.25) is 0 Å². The zero-order chi connectivity index (χ0) is 12.9. The first kappa shape index (κ1) is 14.5. The van der Waals surface area contributed by atoms with Crippen molar-refractivity contribution in [2.45, 2.75) is 45.6 Å². The van der Waals surface area contributed by atoms with E-state index in [1.165, 1.54) is 19.3 Å². The molecule has 1 aliphatic rings. The molecule has 0 aromatic carbocycles. The Morgan fingerprint density at radius 3 is 2.65 bits per heavy atom. The van der Waals surface area contributed by atoms with Gasteiger partial charge in [0.05, 0.1) is 6.07 Å². The van der Waals surface area contributed by atoms with Crippen LogP contribution in [0.4, 0.5) is 0 Å². The number of nitriles is 1. The van der Waals surface area contributed by atoms with Crippen LogP contribution in [0, 0.1) is 23.2 Å². The summed E-state index contributed by atoms with van der Waals surface area (Å²) < 4.78 is 0. The minimum Gasteiger partial charge on any atom is -0.302 e. The Bertz CT molecular complexity index is 269. The fourth-order valence-corrected chi connectivity index (χ4v) is 2.62. The number of nitrogens with zero attached hydrogens (tertiary/aromatic N) is 2. The topological polar surface area (TPSA) is 39.1 Å². The monoisotopic (exact) mass is 237 g/mol. The van der Waals surface area contributed by atoms with Gasteiger partial charge in [-0.1, -0.05) is 13.8 Å². The van der Waals surface area contributed by atoms with Crippen LogP contribution in [0.1, 0.15) is 40.0 Å². The molecule has 1 aliphatic heterocycles. The highest BCUT2D eigenvalue weighted by Gasteiger charge is 2.27. The van der Waals surface area contributed by atoms with Gasteiger partial charge in [0.25, 0.3) is 0 Å². The van der Waals surface area contributed by atoms with Crippen LogP contribution in [-0.2, 0) is 0 Å². The van der Waals surface area contributed by atoms with Gasteiger partial charge in [0.1, 0.15) is 5.54 Å². The lowest BCUT2D eigenvalue weighted by Gasteiger charge is -2.29. The molecule has 0 aromatic rings. The van der Waals surface area contributed by atoms with Crippen molar-refractivity contribution in [2.75, 3.05) is 26.7 Å². The highest BCUT2D eigenvalue weighted by atomic mass is 15.2. The highest BCUT2D eigenvalue weighted by molar-refractivity contribution is 5.05. The van der Waals surface area contributed by atoms with Crippen molar-refractivity contribution in [1.29, 1.82) is 5.26 Å².